The second-order valence-electron chi connectivity index (χ2n) is 3.03. The molecule has 0 bridgehead atoms. The molecule has 0 spiro atoms. The van der Waals surface area contributed by atoms with Gasteiger partial charge in [0, 0.05) is 17.9 Å². The maximum absolute atomic E-state index is 4.98. The molecule has 0 N–H and O–H groups in total. The highest BCUT2D eigenvalue weighted by molar-refractivity contribution is 7.10. The van der Waals surface area contributed by atoms with Gasteiger partial charge in [-0.3, -0.25) is 0 Å². The lowest BCUT2D eigenvalue weighted by atomic mass is 10.0. The van der Waals surface area contributed by atoms with E-state index in [1.54, 1.807) is 18.4 Å². The van der Waals surface area contributed by atoms with E-state index in [0.717, 1.165) is 6.42 Å². The van der Waals surface area contributed by atoms with Crippen LogP contribution < -0.4 is 0 Å². The summed E-state index contributed by atoms with van der Waals surface area (Å²) in [6, 6.07) is 4.25. The normalized spacial score (nSPS) is 13.2. The molecule has 0 aromatic carbocycles. The minimum Gasteiger partial charge on any atom is -0.381 e. The van der Waals surface area contributed by atoms with E-state index in [2.05, 4.69) is 36.2 Å². The number of rotatable bonds is 6. The zero-order valence-corrected chi connectivity index (χ0v) is 9.30. The maximum Gasteiger partial charge on any atom is 0.0643 e. The predicted molar refractivity (Wildman–Crippen MR) is 62.9 cm³/mol. The van der Waals surface area contributed by atoms with Gasteiger partial charge in [0.15, 0.2) is 0 Å². The molecule has 0 aliphatic rings. The van der Waals surface area contributed by atoms with Gasteiger partial charge in [-0.05, 0) is 17.9 Å². The van der Waals surface area contributed by atoms with E-state index in [1.165, 1.54) is 4.88 Å². The van der Waals surface area contributed by atoms with E-state index >= 15 is 0 Å². The van der Waals surface area contributed by atoms with Crippen LogP contribution in [0, 0.1) is 0 Å². The van der Waals surface area contributed by atoms with Crippen molar-refractivity contribution in [3.05, 3.63) is 47.2 Å². The molecule has 14 heavy (non-hydrogen) atoms. The van der Waals surface area contributed by atoms with Crippen LogP contribution >= 0.6 is 11.3 Å². The number of methoxy groups -OCH3 is 1. The van der Waals surface area contributed by atoms with Crippen molar-refractivity contribution in [3.63, 3.8) is 0 Å². The molecule has 1 aromatic heterocycles. The zero-order chi connectivity index (χ0) is 10.2. The van der Waals surface area contributed by atoms with Crippen molar-refractivity contribution in [2.75, 3.05) is 13.7 Å². The molecular weight excluding hydrogens is 192 g/mol. The van der Waals surface area contributed by atoms with Crippen LogP contribution in [0.2, 0.25) is 0 Å². The second-order valence-corrected chi connectivity index (χ2v) is 4.01. The number of allylic oxidation sites excluding steroid dienone is 2. The fourth-order valence-electron chi connectivity index (χ4n) is 1.29. The summed E-state index contributed by atoms with van der Waals surface area (Å²) in [4.78, 5) is 1.39. The number of hydrogen-bond donors (Lipinski definition) is 0. The van der Waals surface area contributed by atoms with E-state index < -0.39 is 0 Å². The average Bonchev–Trinajstić information content (AvgIpc) is 2.70. The Bertz CT molecular complexity index is 275. The van der Waals surface area contributed by atoms with E-state index in [9.17, 15) is 0 Å². The molecule has 0 aliphatic carbocycles. The Morgan fingerprint density at radius 2 is 2.50 bits per heavy atom. The molecular formula is C12H16OS. The molecule has 1 nitrogen and oxygen atoms in total. The third-order valence-electron chi connectivity index (χ3n) is 1.96. The first-order chi connectivity index (χ1) is 6.88. The molecule has 0 amide bonds. The monoisotopic (exact) mass is 208 g/mol. The first-order valence-corrected chi connectivity index (χ1v) is 5.56. The molecule has 0 saturated heterocycles. The molecule has 0 aliphatic heterocycles. The highest BCUT2D eigenvalue weighted by atomic mass is 32.1. The number of hydrogen-bond acceptors (Lipinski definition) is 2. The van der Waals surface area contributed by atoms with Gasteiger partial charge in [0.05, 0.1) is 6.61 Å². The van der Waals surface area contributed by atoms with Gasteiger partial charge in [0.2, 0.25) is 0 Å². The number of ether oxygens (including phenoxy) is 1. The SMILES string of the molecule is C=CC[C@@H](/C=C/COC)c1cccs1. The van der Waals surface area contributed by atoms with Crippen molar-refractivity contribution in [2.45, 2.75) is 12.3 Å². The molecule has 1 heterocycles. The third kappa shape index (κ3) is 3.48. The van der Waals surface area contributed by atoms with Gasteiger partial charge in [-0.15, -0.1) is 17.9 Å². The Morgan fingerprint density at radius 3 is 3.07 bits per heavy atom. The molecule has 1 atom stereocenters. The summed E-state index contributed by atoms with van der Waals surface area (Å²) in [6.07, 6.45) is 7.20. The van der Waals surface area contributed by atoms with Crippen LogP contribution in [0.4, 0.5) is 0 Å². The highest BCUT2D eigenvalue weighted by Crippen LogP contribution is 2.25. The zero-order valence-electron chi connectivity index (χ0n) is 8.48. The second kappa shape index (κ2) is 6.57. The highest BCUT2D eigenvalue weighted by Gasteiger charge is 2.05. The summed E-state index contributed by atoms with van der Waals surface area (Å²) < 4.78 is 4.98. The Hall–Kier alpha value is -0.860. The van der Waals surface area contributed by atoms with Crippen LogP contribution in [-0.4, -0.2) is 13.7 Å². The Labute approximate surface area is 89.7 Å². The van der Waals surface area contributed by atoms with Gasteiger partial charge in [0.25, 0.3) is 0 Å². The fourth-order valence-corrected chi connectivity index (χ4v) is 2.11. The van der Waals surface area contributed by atoms with Gasteiger partial charge in [-0.25, -0.2) is 0 Å². The van der Waals surface area contributed by atoms with Crippen LogP contribution in [0.3, 0.4) is 0 Å². The van der Waals surface area contributed by atoms with Crippen LogP contribution in [0.5, 0.6) is 0 Å². The minimum absolute atomic E-state index is 0.461. The smallest absolute Gasteiger partial charge is 0.0643 e. The summed E-state index contributed by atoms with van der Waals surface area (Å²) in [5.41, 5.74) is 0. The molecule has 2 heteroatoms. The van der Waals surface area contributed by atoms with E-state index in [0.29, 0.717) is 12.5 Å². The maximum atomic E-state index is 4.98. The molecule has 76 valence electrons. The Kier molecular flexibility index (Phi) is 5.27. The van der Waals surface area contributed by atoms with Crippen LogP contribution in [0.1, 0.15) is 17.2 Å². The van der Waals surface area contributed by atoms with Crippen molar-refractivity contribution in [3.8, 4) is 0 Å². The summed E-state index contributed by atoms with van der Waals surface area (Å²) in [5.74, 6) is 0.461. The van der Waals surface area contributed by atoms with Crippen molar-refractivity contribution in [2.24, 2.45) is 0 Å². The Balaban J connectivity index is 2.60. The van der Waals surface area contributed by atoms with E-state index in [1.807, 2.05) is 6.08 Å². The first-order valence-electron chi connectivity index (χ1n) is 4.68. The van der Waals surface area contributed by atoms with Gasteiger partial charge in [-0.1, -0.05) is 24.3 Å². The van der Waals surface area contributed by atoms with Crippen molar-refractivity contribution >= 4 is 11.3 Å². The van der Waals surface area contributed by atoms with Crippen molar-refractivity contribution < 1.29 is 4.74 Å². The minimum atomic E-state index is 0.461. The summed E-state index contributed by atoms with van der Waals surface area (Å²) in [7, 11) is 1.71. The topological polar surface area (TPSA) is 9.23 Å². The molecule has 1 rings (SSSR count). The van der Waals surface area contributed by atoms with Crippen molar-refractivity contribution in [1.82, 2.24) is 0 Å². The standard InChI is InChI=1S/C12H16OS/c1-3-6-11(7-4-9-13-2)12-8-5-10-14-12/h3-5,7-8,10-11H,1,6,9H2,2H3/b7-4+/t11-/m0/s1. The molecule has 1 aromatic rings. The fraction of sp³-hybridized carbons (Fsp3) is 0.333. The predicted octanol–water partition coefficient (Wildman–Crippen LogP) is 3.61. The average molecular weight is 208 g/mol. The van der Waals surface area contributed by atoms with E-state index in [-0.39, 0.29) is 0 Å². The van der Waals surface area contributed by atoms with Crippen LogP contribution in [0.25, 0.3) is 0 Å². The van der Waals surface area contributed by atoms with Gasteiger partial charge in [-0.2, -0.15) is 0 Å². The van der Waals surface area contributed by atoms with Crippen LogP contribution in [-0.2, 0) is 4.74 Å². The molecule has 0 unspecified atom stereocenters. The largest absolute Gasteiger partial charge is 0.381 e. The van der Waals surface area contributed by atoms with Gasteiger partial charge >= 0.3 is 0 Å². The van der Waals surface area contributed by atoms with E-state index in [4.69, 9.17) is 4.74 Å². The van der Waals surface area contributed by atoms with Gasteiger partial charge in [0.1, 0.15) is 0 Å². The first kappa shape index (κ1) is 11.2. The third-order valence-corrected chi connectivity index (χ3v) is 2.96. The molecule has 0 fully saturated rings. The van der Waals surface area contributed by atoms with Gasteiger partial charge < -0.3 is 4.74 Å². The molecule has 0 radical (unpaired) electrons. The lowest BCUT2D eigenvalue weighted by Crippen LogP contribution is -1.91. The number of thiophene rings is 1. The lowest BCUT2D eigenvalue weighted by Gasteiger charge is -2.06. The van der Waals surface area contributed by atoms with Crippen LogP contribution in [0.15, 0.2) is 42.3 Å². The summed E-state index contributed by atoms with van der Waals surface area (Å²) in [5, 5.41) is 2.11. The summed E-state index contributed by atoms with van der Waals surface area (Å²) >= 11 is 1.79. The molecule has 0 saturated carbocycles. The van der Waals surface area contributed by atoms with Crippen molar-refractivity contribution in [1.29, 1.82) is 0 Å². The quantitative estimate of drug-likeness (QED) is 0.649. The Morgan fingerprint density at radius 1 is 1.64 bits per heavy atom. The summed E-state index contributed by atoms with van der Waals surface area (Å²) in [6.45, 7) is 4.46. The lowest BCUT2D eigenvalue weighted by molar-refractivity contribution is 0.233.